The van der Waals surface area contributed by atoms with E-state index in [4.69, 9.17) is 0 Å². The number of likely N-dealkylation sites (N-methyl/N-ethyl adjacent to an activating group) is 2. The van der Waals surface area contributed by atoms with E-state index in [1.54, 1.807) is 19.4 Å². The molecule has 1 unspecified atom stereocenters. The van der Waals surface area contributed by atoms with Gasteiger partial charge in [0, 0.05) is 44.6 Å². The summed E-state index contributed by atoms with van der Waals surface area (Å²) in [6, 6.07) is 3.13. The van der Waals surface area contributed by atoms with Crippen LogP contribution in [0.15, 0.2) is 24.5 Å². The molecule has 0 radical (unpaired) electrons. The van der Waals surface area contributed by atoms with Crippen LogP contribution in [0.2, 0.25) is 0 Å². The molecule has 0 fully saturated rings. The zero-order valence-corrected chi connectivity index (χ0v) is 17.1. The maximum atomic E-state index is 13.1. The fraction of sp³-hybridized carbons (Fsp3) is 0.500. The van der Waals surface area contributed by atoms with E-state index in [2.05, 4.69) is 30.1 Å². The number of nitrogens with one attached hydrogen (secondary N) is 2. The summed E-state index contributed by atoms with van der Waals surface area (Å²) in [6.07, 6.45) is 3.46. The summed E-state index contributed by atoms with van der Waals surface area (Å²) in [5.74, 6) is 0.171. The molecular weight excluding hydrogens is 356 g/mol. The summed E-state index contributed by atoms with van der Waals surface area (Å²) in [6.45, 7) is 8.01. The van der Waals surface area contributed by atoms with Crippen molar-refractivity contribution in [1.82, 2.24) is 30.1 Å². The average Bonchev–Trinajstić information content (AvgIpc) is 3.03. The number of carbonyl (C=O) groups excluding carboxylic acids is 2. The highest BCUT2D eigenvalue weighted by Gasteiger charge is 2.34. The Morgan fingerprint density at radius 1 is 1.25 bits per heavy atom. The summed E-state index contributed by atoms with van der Waals surface area (Å²) >= 11 is 0. The van der Waals surface area contributed by atoms with E-state index in [9.17, 15) is 9.59 Å². The average molecular weight is 384 g/mol. The number of fused-ring (bicyclic) bond motifs is 1. The van der Waals surface area contributed by atoms with E-state index in [-0.39, 0.29) is 11.8 Å². The molecule has 1 atom stereocenters. The van der Waals surface area contributed by atoms with Gasteiger partial charge in [-0.05, 0) is 24.6 Å². The highest BCUT2D eigenvalue weighted by atomic mass is 16.2. The molecule has 8 heteroatoms. The van der Waals surface area contributed by atoms with E-state index in [1.165, 1.54) is 0 Å². The van der Waals surface area contributed by atoms with Crippen molar-refractivity contribution in [3.8, 4) is 11.4 Å². The highest BCUT2D eigenvalue weighted by Crippen LogP contribution is 2.26. The van der Waals surface area contributed by atoms with E-state index in [0.717, 1.165) is 30.2 Å². The number of rotatable bonds is 4. The lowest BCUT2D eigenvalue weighted by atomic mass is 9.86. The van der Waals surface area contributed by atoms with Crippen LogP contribution in [0.4, 0.5) is 0 Å². The molecule has 3 rings (SSSR count). The number of hydrogen-bond donors (Lipinski definition) is 2. The number of carbonyl (C=O) groups is 2. The Morgan fingerprint density at radius 3 is 2.61 bits per heavy atom. The molecule has 2 amide bonds. The maximum absolute atomic E-state index is 13.1. The molecular formula is C20H28N6O2. The third kappa shape index (κ3) is 3.91. The van der Waals surface area contributed by atoms with Crippen LogP contribution >= 0.6 is 0 Å². The van der Waals surface area contributed by atoms with Crippen molar-refractivity contribution in [2.75, 3.05) is 20.6 Å². The van der Waals surface area contributed by atoms with Gasteiger partial charge in [-0.1, -0.05) is 20.8 Å². The molecule has 2 aromatic heterocycles. The number of amides is 2. The summed E-state index contributed by atoms with van der Waals surface area (Å²) < 4.78 is 2.08. The molecule has 2 aromatic rings. The van der Waals surface area contributed by atoms with Gasteiger partial charge in [0.15, 0.2) is 5.69 Å². The number of pyridine rings is 1. The predicted molar refractivity (Wildman–Crippen MR) is 107 cm³/mol. The van der Waals surface area contributed by atoms with Crippen molar-refractivity contribution in [3.05, 3.63) is 35.9 Å². The zero-order chi connectivity index (χ0) is 20.5. The normalized spacial score (nSPS) is 15.6. The van der Waals surface area contributed by atoms with Crippen LogP contribution < -0.4 is 10.6 Å². The van der Waals surface area contributed by atoms with Gasteiger partial charge in [0.25, 0.3) is 5.91 Å². The van der Waals surface area contributed by atoms with Gasteiger partial charge in [0.1, 0.15) is 11.9 Å². The molecule has 28 heavy (non-hydrogen) atoms. The van der Waals surface area contributed by atoms with Crippen molar-refractivity contribution in [2.45, 2.75) is 39.9 Å². The second kappa shape index (κ2) is 7.71. The largest absolute Gasteiger partial charge is 0.357 e. The predicted octanol–water partition coefficient (Wildman–Crippen LogP) is 1.28. The van der Waals surface area contributed by atoms with Crippen molar-refractivity contribution >= 4 is 11.8 Å². The van der Waals surface area contributed by atoms with Crippen LogP contribution in [0.3, 0.4) is 0 Å². The Balaban J connectivity index is 2.00. The number of hydrogen-bond acceptors (Lipinski definition) is 5. The third-order valence-corrected chi connectivity index (χ3v) is 4.98. The fourth-order valence-corrected chi connectivity index (χ4v) is 3.41. The van der Waals surface area contributed by atoms with Gasteiger partial charge in [0.05, 0.1) is 5.69 Å². The van der Waals surface area contributed by atoms with E-state index in [0.29, 0.717) is 12.2 Å². The molecule has 1 aliphatic heterocycles. The van der Waals surface area contributed by atoms with Crippen molar-refractivity contribution in [1.29, 1.82) is 0 Å². The molecule has 0 saturated carbocycles. The topological polar surface area (TPSA) is 92.1 Å². The molecule has 2 N–H and O–H groups in total. The molecule has 0 aliphatic carbocycles. The maximum Gasteiger partial charge on any atom is 0.272 e. The molecule has 0 aromatic carbocycles. The molecule has 150 valence electrons. The minimum Gasteiger partial charge on any atom is -0.357 e. The van der Waals surface area contributed by atoms with Gasteiger partial charge < -0.3 is 15.2 Å². The first-order valence-corrected chi connectivity index (χ1v) is 9.43. The van der Waals surface area contributed by atoms with Crippen molar-refractivity contribution in [3.63, 3.8) is 0 Å². The molecule has 3 heterocycles. The summed E-state index contributed by atoms with van der Waals surface area (Å²) in [5, 5.41) is 5.53. The second-order valence-electron chi connectivity index (χ2n) is 8.25. The van der Waals surface area contributed by atoms with E-state index >= 15 is 0 Å². The Hall–Kier alpha value is -2.74. The Morgan fingerprint density at radius 2 is 2.00 bits per heavy atom. The van der Waals surface area contributed by atoms with Crippen LogP contribution in [0, 0.1) is 5.41 Å². The van der Waals surface area contributed by atoms with Crippen molar-refractivity contribution in [2.24, 2.45) is 5.41 Å². The Labute approximate surface area is 165 Å². The molecule has 8 nitrogen and oxygen atoms in total. The summed E-state index contributed by atoms with van der Waals surface area (Å²) in [7, 11) is 3.59. The lowest BCUT2D eigenvalue weighted by molar-refractivity contribution is -0.124. The molecule has 0 saturated heterocycles. The Kier molecular flexibility index (Phi) is 5.51. The van der Waals surface area contributed by atoms with Crippen LogP contribution in [-0.4, -0.2) is 57.9 Å². The third-order valence-electron chi connectivity index (χ3n) is 4.98. The lowest BCUT2D eigenvalue weighted by Crippen LogP contribution is -2.53. The van der Waals surface area contributed by atoms with Crippen LogP contribution in [0.1, 0.15) is 37.0 Å². The smallest absolute Gasteiger partial charge is 0.272 e. The SMILES string of the molecule is CNC(=O)C(NC(=O)c1nc(-c2cccnc2)n2c1CN(C)CC2)C(C)(C)C. The van der Waals surface area contributed by atoms with Gasteiger partial charge in [-0.2, -0.15) is 0 Å². The lowest BCUT2D eigenvalue weighted by Gasteiger charge is -2.30. The van der Waals surface area contributed by atoms with E-state index in [1.807, 2.05) is 40.0 Å². The van der Waals surface area contributed by atoms with Crippen LogP contribution in [0.5, 0.6) is 0 Å². The quantitative estimate of drug-likeness (QED) is 0.829. The molecule has 0 spiro atoms. The van der Waals surface area contributed by atoms with Gasteiger partial charge in [0.2, 0.25) is 5.91 Å². The van der Waals surface area contributed by atoms with Crippen molar-refractivity contribution < 1.29 is 9.59 Å². The monoisotopic (exact) mass is 384 g/mol. The number of imidazole rings is 1. The first-order chi connectivity index (χ1) is 13.2. The van der Waals surface area contributed by atoms with Crippen LogP contribution in [0.25, 0.3) is 11.4 Å². The second-order valence-corrected chi connectivity index (χ2v) is 8.25. The minimum absolute atomic E-state index is 0.224. The fourth-order valence-electron chi connectivity index (χ4n) is 3.41. The first kappa shape index (κ1) is 20.0. The van der Waals surface area contributed by atoms with E-state index < -0.39 is 11.5 Å². The molecule has 0 bridgehead atoms. The molecule has 1 aliphatic rings. The Bertz CT molecular complexity index is 869. The first-order valence-electron chi connectivity index (χ1n) is 9.43. The van der Waals surface area contributed by atoms with Gasteiger partial charge in [-0.25, -0.2) is 4.98 Å². The van der Waals surface area contributed by atoms with Gasteiger partial charge in [-0.15, -0.1) is 0 Å². The standard InChI is InChI=1S/C20H28N6O2/c1-20(2,3)16(19(28)21-4)24-18(27)15-14-12-25(5)9-10-26(14)17(23-15)13-7-6-8-22-11-13/h6-8,11,16H,9-10,12H2,1-5H3,(H,21,28)(H,24,27). The van der Waals surface area contributed by atoms with Gasteiger partial charge in [-0.3, -0.25) is 19.5 Å². The number of aromatic nitrogens is 3. The highest BCUT2D eigenvalue weighted by molar-refractivity contribution is 5.97. The number of nitrogens with zero attached hydrogens (tertiary/aromatic N) is 4. The zero-order valence-electron chi connectivity index (χ0n) is 17.1. The summed E-state index contributed by atoms with van der Waals surface area (Å²) in [4.78, 5) is 36.5. The summed E-state index contributed by atoms with van der Waals surface area (Å²) in [5.41, 5.74) is 1.66. The van der Waals surface area contributed by atoms with Gasteiger partial charge >= 0.3 is 0 Å². The minimum atomic E-state index is -0.662. The van der Waals surface area contributed by atoms with Crippen LogP contribution in [-0.2, 0) is 17.9 Å².